The molecule has 3 aliphatic rings. The number of amides is 1. The van der Waals surface area contributed by atoms with Gasteiger partial charge in [0.25, 0.3) is 0 Å². The van der Waals surface area contributed by atoms with Gasteiger partial charge in [-0.3, -0.25) is 39.0 Å². The topological polar surface area (TPSA) is 340 Å². The molecular weight excluding hydrogens is 1750 g/mol. The van der Waals surface area contributed by atoms with Crippen molar-refractivity contribution >= 4 is 81.1 Å². The van der Waals surface area contributed by atoms with Gasteiger partial charge in [-0.2, -0.15) is 5.48 Å². The summed E-state index contributed by atoms with van der Waals surface area (Å²) in [6, 6.07) is 85.7. The van der Waals surface area contributed by atoms with Crippen LogP contribution >= 0.6 is 24.0 Å². The van der Waals surface area contributed by atoms with Gasteiger partial charge in [0.2, 0.25) is 5.91 Å². The van der Waals surface area contributed by atoms with Crippen LogP contribution in [0.4, 0.5) is 0 Å². The van der Waals surface area contributed by atoms with E-state index in [4.69, 9.17) is 55.7 Å². The number of carbonyl (C=O) groups is 6. The molecule has 12 rings (SSSR count). The van der Waals surface area contributed by atoms with E-state index in [1.54, 1.807) is 21.1 Å². The second-order valence-corrected chi connectivity index (χ2v) is 32.7. The number of hydrogen-bond donors (Lipinski definition) is 6. The summed E-state index contributed by atoms with van der Waals surface area (Å²) in [6.45, 7) is 4.42. The number of halogens is 2. The summed E-state index contributed by atoms with van der Waals surface area (Å²) >= 11 is 5.95. The van der Waals surface area contributed by atoms with E-state index in [0.29, 0.717) is 97.0 Å². The molecule has 9 aromatic rings. The fourth-order valence-electron chi connectivity index (χ4n) is 12.3. The van der Waals surface area contributed by atoms with Crippen LogP contribution in [0.5, 0.6) is 0 Å². The molecule has 3 saturated heterocycles. The van der Waals surface area contributed by atoms with Crippen molar-refractivity contribution in [3.05, 3.63) is 334 Å². The number of ether oxygens (including phenoxy) is 5. The molecule has 0 bridgehead atoms. The number of nitrogens with zero attached hydrogens (tertiary/aromatic N) is 3. The van der Waals surface area contributed by atoms with Gasteiger partial charge in [-0.15, -0.1) is 28.2 Å². The molecule has 26 nitrogen and oxygen atoms in total. The minimum atomic E-state index is -2.21. The maximum atomic E-state index is 12.3. The summed E-state index contributed by atoms with van der Waals surface area (Å²) in [4.78, 5) is 93.8. The fraction of sp³-hybridized carbons (Fsp3) is 0.385. The Hall–Kier alpha value is -11.3. The first-order valence-electron chi connectivity index (χ1n) is 41.5. The zero-order valence-corrected chi connectivity index (χ0v) is 74.5. The second-order valence-electron chi connectivity index (χ2n) is 29.5. The summed E-state index contributed by atoms with van der Waals surface area (Å²) in [5, 5.41) is 33.4. The van der Waals surface area contributed by atoms with E-state index in [0.717, 1.165) is 75.0 Å². The number of nitrogens with two attached hydrogens (primary N) is 1. The van der Waals surface area contributed by atoms with Gasteiger partial charge < -0.3 is 59.3 Å². The average Bonchev–Trinajstić information content (AvgIpc) is 1.72. The van der Waals surface area contributed by atoms with Crippen LogP contribution in [0.15, 0.2) is 294 Å². The van der Waals surface area contributed by atoms with E-state index in [1.807, 2.05) is 273 Å². The monoisotopic (exact) mass is 1900 g/mol. The minimum absolute atomic E-state index is 0. The van der Waals surface area contributed by atoms with Crippen LogP contribution in [0.1, 0.15) is 166 Å². The number of allylic oxidation sites excluding steroid dienone is 1. The van der Waals surface area contributed by atoms with Crippen molar-refractivity contribution in [1.29, 1.82) is 0 Å². The summed E-state index contributed by atoms with van der Waals surface area (Å²) in [5.41, 5.74) is 13.8. The van der Waals surface area contributed by atoms with Crippen LogP contribution < -0.4 is 37.8 Å². The number of likely N-dealkylation sites (N-methyl/N-ethyl adjacent to an activating group) is 3. The Kier molecular flexibility index (Phi) is 68.1. The zero-order chi connectivity index (χ0) is 89.3. The van der Waals surface area contributed by atoms with Gasteiger partial charge in [0.1, 0.15) is 104 Å². The molecule has 1 amide bonds. The predicted molar refractivity (Wildman–Crippen MR) is 537 cm³/mol. The maximum absolute atomic E-state index is 12.3. The van der Waals surface area contributed by atoms with Crippen molar-refractivity contribution < 1.29 is 81.1 Å². The molecule has 3 fully saturated rings. The highest BCUT2D eigenvalue weighted by Gasteiger charge is 2.35. The number of nitrogens with one attached hydrogen (secondary N) is 5. The highest BCUT2D eigenvalue weighted by Crippen LogP contribution is 2.20. The lowest BCUT2D eigenvalue weighted by molar-refractivity contribution is -0.306. The van der Waals surface area contributed by atoms with Gasteiger partial charge in [0, 0.05) is 32.6 Å². The molecule has 6 atom stereocenters. The molecule has 0 saturated carbocycles. The van der Waals surface area contributed by atoms with Gasteiger partial charge in [-0.25, -0.2) is 10.7 Å². The number of rotatable bonds is 37. The standard InChI is InChI=1S/C21H25ClN2O3.C20H24N2O3.C20H22N2O3.C16H23NO4S.C13H15NO3.C7H9NO.7CH4.ClH/c1-23-20(21(25)26-15-17-8-4-2-5-9-17)13-12-19(14-22)24-27-16-18-10-6-3-7-11-18;2*23-20(24-14-16-7-3-1-4-8-16)19-12-11-18(13-21-19)22-25-15-17-9-5-2-6-10-17;1-17-15(10-9-14(18)12-22(2,3)20)16(19)21-11-13-7-5-4-6-8-13;1-14-11(7-8-12(14)15)13(16)17-9-10-5-3-2-4-6-10;8-9-6-7-4-2-1-3-5-7;;;;;;;;/h2-11,20,23H,12-16H2,1H3;1-10,18-19,21-22H,11-15H2;1-10,19,21H,11-15H2;4-8,12,15,17H,9-11H2,1-3H3;2-6,11H,7-9H2,1H3;1-5H,6,8H2;7*1H4;1H/t20-;18-,19+;19-;15-;11-;;;;;;;;;/m01000........./s1. The van der Waals surface area contributed by atoms with E-state index in [1.165, 1.54) is 22.8 Å². The van der Waals surface area contributed by atoms with E-state index in [-0.39, 0.29) is 150 Å². The lowest BCUT2D eigenvalue weighted by Gasteiger charge is -2.28. The number of benzene rings is 9. The Balaban J connectivity index is 0. The zero-order valence-electron chi connectivity index (χ0n) is 72.1. The lowest BCUT2D eigenvalue weighted by Crippen LogP contribution is -2.51. The molecule has 730 valence electrons. The molecule has 0 aliphatic carbocycles. The van der Waals surface area contributed by atoms with Crippen LogP contribution in [0, 0.1) is 0 Å². The van der Waals surface area contributed by atoms with Gasteiger partial charge in [0.15, 0.2) is 0 Å². The van der Waals surface area contributed by atoms with Gasteiger partial charge in [0.05, 0.1) is 30.5 Å². The molecule has 0 spiro atoms. The number of likely N-dealkylation sites (tertiary alicyclic amines) is 1. The van der Waals surface area contributed by atoms with Crippen LogP contribution in [-0.2, 0) is 145 Å². The number of oxime groups is 2. The highest BCUT2D eigenvalue weighted by molar-refractivity contribution is 8.04. The van der Waals surface area contributed by atoms with Crippen molar-refractivity contribution in [2.24, 2.45) is 16.2 Å². The smallest absolute Gasteiger partial charge is 0.329 e. The van der Waals surface area contributed by atoms with Gasteiger partial charge in [-0.1, -0.05) is 341 Å². The molecule has 0 aromatic heterocycles. The van der Waals surface area contributed by atoms with Crippen molar-refractivity contribution in [2.75, 3.05) is 52.6 Å². The normalized spacial score (nSPS) is 15.2. The Labute approximate surface area is 804 Å². The third-order valence-electron chi connectivity index (χ3n) is 19.3. The van der Waals surface area contributed by atoms with Gasteiger partial charge in [-0.05, 0) is 122 Å². The molecule has 3 aliphatic heterocycles. The van der Waals surface area contributed by atoms with Crippen LogP contribution in [-0.4, -0.2) is 141 Å². The molecule has 7 N–H and O–H groups in total. The van der Waals surface area contributed by atoms with Crippen LogP contribution in [0.3, 0.4) is 0 Å². The van der Waals surface area contributed by atoms with Gasteiger partial charge >= 0.3 is 29.8 Å². The number of esters is 5. The number of carbonyl (C=O) groups excluding carboxylic acids is 6. The minimum Gasteiger partial charge on any atom is -0.873 e. The molecule has 9 aromatic carbocycles. The Morgan fingerprint density at radius 3 is 1.15 bits per heavy atom. The van der Waals surface area contributed by atoms with Crippen molar-refractivity contribution in [1.82, 2.24) is 31.6 Å². The van der Waals surface area contributed by atoms with Crippen molar-refractivity contribution in [2.45, 2.75) is 212 Å². The molecule has 3 heterocycles. The quantitative estimate of drug-likeness (QED) is 0.00401. The molecule has 29 heteroatoms. The van der Waals surface area contributed by atoms with Crippen molar-refractivity contribution in [3.63, 3.8) is 0 Å². The largest absolute Gasteiger partial charge is 0.873 e. The SMILES string of the molecule is C.C.C.C.C.C.C.CN1C(=O)CC[C@H]1C(=O)OCc1ccccc1.CN[C@@H](CC/C([O-])=C/[S+](C)(C)=O)C(=O)OCc1ccccc1.CN[C@@H](CCC(CCl)=NOCc1ccccc1)C(=O)OCc1ccccc1.Cl.NOCc1ccccc1.O=C(OCc1ccccc1)[C@@H]1CCC(=NOCc2ccccc2)CN1.O=C(OCc1ccccc1)[C@@H]1CC[C@@H](NOCc2ccccc2)CN1. The molecule has 0 radical (unpaired) electrons. The summed E-state index contributed by atoms with van der Waals surface area (Å²) in [6.07, 6.45) is 8.56. The number of alkyl halides is 1. The Morgan fingerprint density at radius 1 is 0.474 bits per heavy atom. The van der Waals surface area contributed by atoms with E-state index in [9.17, 15) is 38.1 Å². The van der Waals surface area contributed by atoms with E-state index in [2.05, 4.69) is 41.9 Å². The third kappa shape index (κ3) is 52.1. The molecule has 133 heavy (non-hydrogen) atoms. The van der Waals surface area contributed by atoms with Crippen molar-refractivity contribution in [3.8, 4) is 0 Å². The summed E-state index contributed by atoms with van der Waals surface area (Å²) < 4.78 is 38.1. The third-order valence-corrected chi connectivity index (χ3v) is 20.5. The molecular formula is C104H147Cl2N9O17S. The number of piperidine rings is 2. The fourth-order valence-corrected chi connectivity index (χ4v) is 13.2. The second kappa shape index (κ2) is 73.2. The average molecular weight is 1900 g/mol. The van der Waals surface area contributed by atoms with Crippen LogP contribution in [0.2, 0.25) is 0 Å². The Morgan fingerprint density at radius 2 is 0.820 bits per heavy atom. The number of hydrogen-bond acceptors (Lipinski definition) is 25. The van der Waals surface area contributed by atoms with E-state index < -0.39 is 34.0 Å². The number of hydroxylamine groups is 1. The van der Waals surface area contributed by atoms with E-state index >= 15 is 0 Å². The first kappa shape index (κ1) is 124. The first-order valence-corrected chi connectivity index (χ1v) is 44.4. The molecule has 0 unspecified atom stereocenters. The summed E-state index contributed by atoms with van der Waals surface area (Å²) in [5.74, 6) is 3.50. The predicted octanol–water partition coefficient (Wildman–Crippen LogP) is 17.9. The summed E-state index contributed by atoms with van der Waals surface area (Å²) in [7, 11) is 2.82. The first-order chi connectivity index (χ1) is 60.8. The maximum Gasteiger partial charge on any atom is 0.329 e. The Bertz CT molecular complexity index is 4670. The van der Waals surface area contributed by atoms with Crippen LogP contribution in [0.25, 0.3) is 0 Å². The lowest BCUT2D eigenvalue weighted by atomic mass is 10.0. The highest BCUT2D eigenvalue weighted by atomic mass is 35.5.